The lowest BCUT2D eigenvalue weighted by atomic mass is 10.2. The van der Waals surface area contributed by atoms with Crippen LogP contribution in [0.25, 0.3) is 10.9 Å². The summed E-state index contributed by atoms with van der Waals surface area (Å²) in [5.41, 5.74) is 1.00. The first-order chi connectivity index (χ1) is 9.35. The van der Waals surface area contributed by atoms with Gasteiger partial charge in [-0.1, -0.05) is 13.0 Å². The molecule has 1 saturated carbocycles. The minimum Gasteiger partial charge on any atom is -0.490 e. The maximum atomic E-state index is 6.08. The number of nitrogens with one attached hydrogen (secondary N) is 1. The van der Waals surface area contributed by atoms with E-state index in [9.17, 15) is 0 Å². The number of pyridine rings is 1. The number of benzene rings is 1. The van der Waals surface area contributed by atoms with Crippen molar-refractivity contribution in [3.63, 3.8) is 0 Å². The minimum absolute atomic E-state index is 0.338. The fourth-order valence-electron chi connectivity index (χ4n) is 2.83. The summed E-state index contributed by atoms with van der Waals surface area (Å²) in [6.45, 7) is 3.19. The van der Waals surface area contributed by atoms with E-state index in [1.165, 1.54) is 6.42 Å². The average Bonchev–Trinajstić information content (AvgIpc) is 2.86. The maximum Gasteiger partial charge on any atom is 0.121 e. The molecule has 0 aliphatic heterocycles. The monoisotopic (exact) mass is 256 g/mol. The average molecular weight is 256 g/mol. The molecule has 2 aromatic rings. The summed E-state index contributed by atoms with van der Waals surface area (Å²) in [4.78, 5) is 4.37. The molecule has 100 valence electrons. The Bertz CT molecular complexity index is 555. The van der Waals surface area contributed by atoms with E-state index in [4.69, 9.17) is 4.74 Å². The Morgan fingerprint density at radius 3 is 3.16 bits per heavy atom. The summed E-state index contributed by atoms with van der Waals surface area (Å²) in [7, 11) is 0. The molecule has 3 heteroatoms. The quantitative estimate of drug-likeness (QED) is 0.912. The Morgan fingerprint density at radius 2 is 2.26 bits per heavy atom. The number of rotatable bonds is 4. The predicted molar refractivity (Wildman–Crippen MR) is 77.5 cm³/mol. The van der Waals surface area contributed by atoms with Gasteiger partial charge < -0.3 is 10.1 Å². The molecule has 19 heavy (non-hydrogen) atoms. The third kappa shape index (κ3) is 2.87. The van der Waals surface area contributed by atoms with Gasteiger partial charge in [-0.2, -0.15) is 0 Å². The van der Waals surface area contributed by atoms with Crippen LogP contribution in [0.2, 0.25) is 0 Å². The Morgan fingerprint density at radius 1 is 1.32 bits per heavy atom. The van der Waals surface area contributed by atoms with Crippen molar-refractivity contribution in [3.8, 4) is 5.75 Å². The van der Waals surface area contributed by atoms with E-state index in [0.29, 0.717) is 12.1 Å². The van der Waals surface area contributed by atoms with Crippen LogP contribution in [0.15, 0.2) is 36.5 Å². The Kier molecular flexibility index (Phi) is 3.65. The summed E-state index contributed by atoms with van der Waals surface area (Å²) in [6, 6.07) is 10.8. The normalized spacial score (nSPS) is 22.8. The molecule has 0 saturated heterocycles. The van der Waals surface area contributed by atoms with E-state index in [1.54, 1.807) is 0 Å². The first kappa shape index (κ1) is 12.4. The van der Waals surface area contributed by atoms with Gasteiger partial charge in [-0.3, -0.25) is 4.98 Å². The van der Waals surface area contributed by atoms with Crippen LogP contribution in [0.4, 0.5) is 0 Å². The zero-order chi connectivity index (χ0) is 13.1. The van der Waals surface area contributed by atoms with E-state index < -0.39 is 0 Å². The third-order valence-electron chi connectivity index (χ3n) is 3.76. The lowest BCUT2D eigenvalue weighted by molar-refractivity contribution is 0.206. The highest BCUT2D eigenvalue weighted by Crippen LogP contribution is 2.26. The molecule has 1 aromatic heterocycles. The van der Waals surface area contributed by atoms with Crippen LogP contribution in [0, 0.1) is 0 Å². The molecule has 3 nitrogen and oxygen atoms in total. The zero-order valence-electron chi connectivity index (χ0n) is 11.3. The summed E-state index contributed by atoms with van der Waals surface area (Å²) < 4.78 is 6.08. The fourth-order valence-corrected chi connectivity index (χ4v) is 2.83. The van der Waals surface area contributed by atoms with Gasteiger partial charge in [-0.25, -0.2) is 0 Å². The van der Waals surface area contributed by atoms with Gasteiger partial charge in [0, 0.05) is 23.7 Å². The molecular formula is C16H20N2O. The van der Waals surface area contributed by atoms with Crippen molar-refractivity contribution in [1.82, 2.24) is 10.3 Å². The van der Waals surface area contributed by atoms with E-state index in [-0.39, 0.29) is 0 Å². The Balaban J connectivity index is 1.68. The summed E-state index contributed by atoms with van der Waals surface area (Å²) in [5, 5.41) is 4.66. The van der Waals surface area contributed by atoms with Crippen molar-refractivity contribution in [2.75, 3.05) is 6.54 Å². The molecule has 0 bridgehead atoms. The van der Waals surface area contributed by atoms with Crippen LogP contribution in [0.3, 0.4) is 0 Å². The van der Waals surface area contributed by atoms with Crippen molar-refractivity contribution >= 4 is 10.9 Å². The highest BCUT2D eigenvalue weighted by molar-refractivity contribution is 5.79. The zero-order valence-corrected chi connectivity index (χ0v) is 11.3. The molecule has 1 aromatic carbocycles. The number of hydrogen-bond acceptors (Lipinski definition) is 3. The summed E-state index contributed by atoms with van der Waals surface area (Å²) >= 11 is 0. The molecule has 1 heterocycles. The molecule has 0 spiro atoms. The largest absolute Gasteiger partial charge is 0.490 e. The van der Waals surface area contributed by atoms with Gasteiger partial charge in [0.2, 0.25) is 0 Å². The molecule has 1 N–H and O–H groups in total. The van der Waals surface area contributed by atoms with Gasteiger partial charge in [-0.15, -0.1) is 0 Å². The highest BCUT2D eigenvalue weighted by atomic mass is 16.5. The molecule has 3 rings (SSSR count). The molecule has 1 fully saturated rings. The number of fused-ring (bicyclic) bond motifs is 1. The smallest absolute Gasteiger partial charge is 0.121 e. The predicted octanol–water partition coefficient (Wildman–Crippen LogP) is 3.14. The fraction of sp³-hybridized carbons (Fsp3) is 0.438. The lowest BCUT2D eigenvalue weighted by Gasteiger charge is -2.15. The Hall–Kier alpha value is -1.61. The number of nitrogens with zero attached hydrogens (tertiary/aromatic N) is 1. The molecule has 1 aliphatic carbocycles. The van der Waals surface area contributed by atoms with E-state index in [2.05, 4.69) is 29.4 Å². The van der Waals surface area contributed by atoms with Crippen LogP contribution < -0.4 is 10.1 Å². The number of ether oxygens (including phenoxy) is 1. The van der Waals surface area contributed by atoms with Gasteiger partial charge in [-0.05, 0) is 44.0 Å². The summed E-state index contributed by atoms with van der Waals surface area (Å²) in [5.74, 6) is 0.938. The second-order valence-electron chi connectivity index (χ2n) is 5.17. The molecular weight excluding hydrogens is 236 g/mol. The van der Waals surface area contributed by atoms with Crippen LogP contribution >= 0.6 is 0 Å². The lowest BCUT2D eigenvalue weighted by Crippen LogP contribution is -2.27. The van der Waals surface area contributed by atoms with Crippen molar-refractivity contribution in [1.29, 1.82) is 0 Å². The topological polar surface area (TPSA) is 34.1 Å². The summed E-state index contributed by atoms with van der Waals surface area (Å²) in [6.07, 6.45) is 5.62. The van der Waals surface area contributed by atoms with Crippen molar-refractivity contribution in [2.45, 2.75) is 38.3 Å². The van der Waals surface area contributed by atoms with Crippen molar-refractivity contribution in [2.24, 2.45) is 0 Å². The number of aromatic nitrogens is 1. The van der Waals surface area contributed by atoms with Gasteiger partial charge in [0.05, 0.1) is 5.52 Å². The van der Waals surface area contributed by atoms with E-state index >= 15 is 0 Å². The molecule has 2 unspecified atom stereocenters. The second-order valence-corrected chi connectivity index (χ2v) is 5.17. The highest BCUT2D eigenvalue weighted by Gasteiger charge is 2.25. The Labute approximate surface area is 114 Å². The van der Waals surface area contributed by atoms with Crippen molar-refractivity contribution < 1.29 is 4.74 Å². The number of hydrogen-bond donors (Lipinski definition) is 1. The minimum atomic E-state index is 0.338. The SMILES string of the molecule is CCNC1CCC(Oc2ccc3cccnc3c2)C1. The second kappa shape index (κ2) is 5.57. The molecule has 2 atom stereocenters. The van der Waals surface area contributed by atoms with Crippen LogP contribution in [-0.4, -0.2) is 23.7 Å². The van der Waals surface area contributed by atoms with E-state index in [1.807, 2.05) is 24.4 Å². The van der Waals surface area contributed by atoms with Gasteiger partial charge >= 0.3 is 0 Å². The van der Waals surface area contributed by atoms with Gasteiger partial charge in [0.15, 0.2) is 0 Å². The molecule has 1 aliphatic rings. The van der Waals surface area contributed by atoms with Gasteiger partial charge in [0.25, 0.3) is 0 Å². The molecule has 0 radical (unpaired) electrons. The van der Waals surface area contributed by atoms with E-state index in [0.717, 1.165) is 36.0 Å². The first-order valence-corrected chi connectivity index (χ1v) is 7.10. The van der Waals surface area contributed by atoms with Crippen LogP contribution in [-0.2, 0) is 0 Å². The van der Waals surface area contributed by atoms with Crippen molar-refractivity contribution in [3.05, 3.63) is 36.5 Å². The molecule has 0 amide bonds. The maximum absolute atomic E-state index is 6.08. The van der Waals surface area contributed by atoms with Crippen LogP contribution in [0.5, 0.6) is 5.75 Å². The third-order valence-corrected chi connectivity index (χ3v) is 3.76. The standard InChI is InChI=1S/C16H20N2O/c1-2-17-13-6-8-14(10-13)19-15-7-5-12-4-3-9-18-16(12)11-15/h3-5,7,9,11,13-14,17H,2,6,8,10H2,1H3. The van der Waals surface area contributed by atoms with Crippen LogP contribution in [0.1, 0.15) is 26.2 Å². The van der Waals surface area contributed by atoms with Gasteiger partial charge in [0.1, 0.15) is 11.9 Å². The first-order valence-electron chi connectivity index (χ1n) is 7.10.